The molecular formula is C16H13IO4. The fourth-order valence-corrected chi connectivity index (χ4v) is 2.32. The zero-order valence-corrected chi connectivity index (χ0v) is 13.5. The molecule has 2 aromatic rings. The minimum atomic E-state index is -0.391. The van der Waals surface area contributed by atoms with Crippen LogP contribution in [0.1, 0.15) is 26.3 Å². The lowest BCUT2D eigenvalue weighted by atomic mass is 10.1. The second-order valence-corrected chi connectivity index (χ2v) is 5.41. The first-order valence-corrected chi connectivity index (χ1v) is 7.28. The molecule has 0 aliphatic heterocycles. The minimum Gasteiger partial charge on any atom is -0.465 e. The lowest BCUT2D eigenvalue weighted by Gasteiger charge is -2.07. The highest BCUT2D eigenvalue weighted by Gasteiger charge is 2.11. The normalized spacial score (nSPS) is 10.0. The van der Waals surface area contributed by atoms with Gasteiger partial charge in [0.05, 0.1) is 18.2 Å². The molecular weight excluding hydrogens is 383 g/mol. The van der Waals surface area contributed by atoms with Crippen LogP contribution < -0.4 is 0 Å². The van der Waals surface area contributed by atoms with Crippen LogP contribution in [-0.4, -0.2) is 19.0 Å². The summed E-state index contributed by atoms with van der Waals surface area (Å²) in [6.45, 7) is 0.158. The average molecular weight is 396 g/mol. The summed E-state index contributed by atoms with van der Waals surface area (Å²) in [5.74, 6) is -0.755. The molecule has 0 aromatic heterocycles. The van der Waals surface area contributed by atoms with Crippen molar-refractivity contribution in [2.45, 2.75) is 6.61 Å². The van der Waals surface area contributed by atoms with Crippen LogP contribution in [0.5, 0.6) is 0 Å². The smallest absolute Gasteiger partial charge is 0.339 e. The third-order valence-corrected chi connectivity index (χ3v) is 3.78. The van der Waals surface area contributed by atoms with Crippen LogP contribution in [-0.2, 0) is 16.1 Å². The summed E-state index contributed by atoms with van der Waals surface area (Å²) in [5.41, 5.74) is 1.82. The molecule has 0 bridgehead atoms. The summed E-state index contributed by atoms with van der Waals surface area (Å²) in [5, 5.41) is 0. The largest absolute Gasteiger partial charge is 0.465 e. The molecule has 21 heavy (non-hydrogen) atoms. The first-order chi connectivity index (χ1) is 10.1. The summed E-state index contributed by atoms with van der Waals surface area (Å²) in [6.07, 6.45) is 0. The second-order valence-electron chi connectivity index (χ2n) is 4.24. The Morgan fingerprint density at radius 1 is 1.00 bits per heavy atom. The van der Waals surface area contributed by atoms with Crippen LogP contribution in [0.25, 0.3) is 0 Å². The maximum atomic E-state index is 12.0. The number of hydrogen-bond donors (Lipinski definition) is 0. The van der Waals surface area contributed by atoms with E-state index in [9.17, 15) is 9.59 Å². The molecule has 0 heterocycles. The van der Waals surface area contributed by atoms with E-state index < -0.39 is 5.97 Å². The highest BCUT2D eigenvalue weighted by Crippen LogP contribution is 2.14. The van der Waals surface area contributed by atoms with E-state index >= 15 is 0 Å². The SMILES string of the molecule is COC(=O)c1ccc(COC(=O)c2ccccc2I)cc1. The minimum absolute atomic E-state index is 0.158. The van der Waals surface area contributed by atoms with E-state index in [4.69, 9.17) is 4.74 Å². The predicted molar refractivity (Wildman–Crippen MR) is 86.1 cm³/mol. The molecule has 0 radical (unpaired) electrons. The Balaban J connectivity index is 1.99. The molecule has 0 aliphatic rings. The first-order valence-electron chi connectivity index (χ1n) is 6.20. The first kappa shape index (κ1) is 15.5. The third-order valence-electron chi connectivity index (χ3n) is 2.84. The van der Waals surface area contributed by atoms with E-state index in [1.165, 1.54) is 7.11 Å². The molecule has 4 nitrogen and oxygen atoms in total. The zero-order valence-electron chi connectivity index (χ0n) is 11.3. The summed E-state index contributed by atoms with van der Waals surface area (Å²) in [7, 11) is 1.33. The molecule has 2 rings (SSSR count). The van der Waals surface area contributed by atoms with Crippen molar-refractivity contribution in [3.63, 3.8) is 0 Å². The van der Waals surface area contributed by atoms with Gasteiger partial charge in [0.15, 0.2) is 0 Å². The molecule has 2 aromatic carbocycles. The molecule has 0 atom stereocenters. The maximum Gasteiger partial charge on any atom is 0.339 e. The number of hydrogen-bond acceptors (Lipinski definition) is 4. The van der Waals surface area contributed by atoms with Crippen molar-refractivity contribution < 1.29 is 19.1 Å². The van der Waals surface area contributed by atoms with Gasteiger partial charge in [0, 0.05) is 3.57 Å². The van der Waals surface area contributed by atoms with Gasteiger partial charge in [0.2, 0.25) is 0 Å². The molecule has 0 unspecified atom stereocenters. The van der Waals surface area contributed by atoms with E-state index in [1.807, 2.05) is 12.1 Å². The molecule has 0 spiro atoms. The molecule has 0 fully saturated rings. The van der Waals surface area contributed by atoms with Gasteiger partial charge in [-0.3, -0.25) is 0 Å². The van der Waals surface area contributed by atoms with Gasteiger partial charge in [-0.05, 0) is 52.4 Å². The molecule has 0 saturated carbocycles. The van der Waals surface area contributed by atoms with Crippen molar-refractivity contribution in [1.82, 2.24) is 0 Å². The van der Waals surface area contributed by atoms with E-state index in [0.717, 1.165) is 9.13 Å². The van der Waals surface area contributed by atoms with Gasteiger partial charge in [0.1, 0.15) is 6.61 Å². The fourth-order valence-electron chi connectivity index (χ4n) is 1.71. The molecule has 5 heteroatoms. The van der Waals surface area contributed by atoms with Crippen LogP contribution in [0, 0.1) is 3.57 Å². The Morgan fingerprint density at radius 3 is 2.29 bits per heavy atom. The van der Waals surface area contributed by atoms with Gasteiger partial charge < -0.3 is 9.47 Å². The number of carbonyl (C=O) groups is 2. The summed E-state index contributed by atoms with van der Waals surface area (Å²) >= 11 is 2.09. The van der Waals surface area contributed by atoms with Gasteiger partial charge in [-0.25, -0.2) is 9.59 Å². The van der Waals surface area contributed by atoms with Gasteiger partial charge >= 0.3 is 11.9 Å². The second kappa shape index (κ2) is 7.21. The number of ether oxygens (including phenoxy) is 2. The highest BCUT2D eigenvalue weighted by molar-refractivity contribution is 14.1. The van der Waals surface area contributed by atoms with Crippen molar-refractivity contribution >= 4 is 34.5 Å². The Labute approximate surface area is 136 Å². The quantitative estimate of drug-likeness (QED) is 0.587. The Kier molecular flexibility index (Phi) is 5.32. The molecule has 108 valence electrons. The van der Waals surface area contributed by atoms with Crippen LogP contribution in [0.3, 0.4) is 0 Å². The number of esters is 2. The lowest BCUT2D eigenvalue weighted by molar-refractivity contribution is 0.0470. The summed E-state index contributed by atoms with van der Waals surface area (Å²) in [6, 6.07) is 14.0. The van der Waals surface area contributed by atoms with Crippen LogP contribution in [0.2, 0.25) is 0 Å². The van der Waals surface area contributed by atoms with Gasteiger partial charge in [-0.2, -0.15) is 0 Å². The standard InChI is InChI=1S/C16H13IO4/c1-20-15(18)12-8-6-11(7-9-12)10-21-16(19)13-4-2-3-5-14(13)17/h2-9H,10H2,1H3. The Hall–Kier alpha value is -1.89. The average Bonchev–Trinajstić information content (AvgIpc) is 2.52. The topological polar surface area (TPSA) is 52.6 Å². The highest BCUT2D eigenvalue weighted by atomic mass is 127. The third kappa shape index (κ3) is 4.04. The van der Waals surface area contributed by atoms with Gasteiger partial charge in [-0.15, -0.1) is 0 Å². The van der Waals surface area contributed by atoms with Crippen molar-refractivity contribution in [2.24, 2.45) is 0 Å². The Bertz CT molecular complexity index is 650. The van der Waals surface area contributed by atoms with Gasteiger partial charge in [-0.1, -0.05) is 24.3 Å². The van der Waals surface area contributed by atoms with Crippen LogP contribution in [0.15, 0.2) is 48.5 Å². The molecule has 0 N–H and O–H groups in total. The van der Waals surface area contributed by atoms with E-state index in [2.05, 4.69) is 27.3 Å². The molecule has 0 amide bonds. The predicted octanol–water partition coefficient (Wildman–Crippen LogP) is 3.43. The van der Waals surface area contributed by atoms with E-state index in [0.29, 0.717) is 11.1 Å². The lowest BCUT2D eigenvalue weighted by Crippen LogP contribution is -2.07. The Morgan fingerprint density at radius 2 is 1.67 bits per heavy atom. The number of methoxy groups -OCH3 is 1. The van der Waals surface area contributed by atoms with Crippen LogP contribution in [0.4, 0.5) is 0 Å². The van der Waals surface area contributed by atoms with Crippen molar-refractivity contribution in [2.75, 3.05) is 7.11 Å². The molecule has 0 saturated heterocycles. The number of rotatable bonds is 4. The van der Waals surface area contributed by atoms with Crippen molar-refractivity contribution in [3.05, 3.63) is 68.8 Å². The van der Waals surface area contributed by atoms with E-state index in [-0.39, 0.29) is 12.6 Å². The summed E-state index contributed by atoms with van der Waals surface area (Å²) < 4.78 is 10.7. The van der Waals surface area contributed by atoms with Crippen LogP contribution >= 0.6 is 22.6 Å². The number of benzene rings is 2. The fraction of sp³-hybridized carbons (Fsp3) is 0.125. The van der Waals surface area contributed by atoms with Crippen molar-refractivity contribution in [1.29, 1.82) is 0 Å². The monoisotopic (exact) mass is 396 g/mol. The number of halogens is 1. The number of carbonyl (C=O) groups excluding carboxylic acids is 2. The van der Waals surface area contributed by atoms with Crippen molar-refractivity contribution in [3.8, 4) is 0 Å². The molecule has 0 aliphatic carbocycles. The maximum absolute atomic E-state index is 12.0. The van der Waals surface area contributed by atoms with Gasteiger partial charge in [0.25, 0.3) is 0 Å². The summed E-state index contributed by atoms with van der Waals surface area (Å²) in [4.78, 5) is 23.3. The van der Waals surface area contributed by atoms with E-state index in [1.54, 1.807) is 36.4 Å². The zero-order chi connectivity index (χ0) is 15.2.